The highest BCUT2D eigenvalue weighted by Crippen LogP contribution is 2.29. The maximum absolute atomic E-state index is 11.5. The first kappa shape index (κ1) is 13.9. The van der Waals surface area contributed by atoms with Gasteiger partial charge in [0.05, 0.1) is 11.6 Å². The zero-order valence-corrected chi connectivity index (χ0v) is 11.1. The molecule has 0 amide bonds. The number of benzene rings is 2. The molecule has 0 saturated carbocycles. The topological polar surface area (TPSA) is 119 Å². The van der Waals surface area contributed by atoms with E-state index in [4.69, 9.17) is 20.9 Å². The van der Waals surface area contributed by atoms with E-state index in [1.807, 2.05) is 6.07 Å². The number of rotatable bonds is 3. The first-order chi connectivity index (χ1) is 9.40. The van der Waals surface area contributed by atoms with Crippen LogP contribution in [0.15, 0.2) is 47.4 Å². The Morgan fingerprint density at radius 1 is 1.10 bits per heavy atom. The first-order valence-corrected chi connectivity index (χ1v) is 7.05. The van der Waals surface area contributed by atoms with E-state index in [-0.39, 0.29) is 16.3 Å². The summed E-state index contributed by atoms with van der Waals surface area (Å²) in [5, 5.41) is 13.8. The van der Waals surface area contributed by atoms with Gasteiger partial charge in [0.2, 0.25) is 10.0 Å². The van der Waals surface area contributed by atoms with Crippen molar-refractivity contribution >= 4 is 15.7 Å². The van der Waals surface area contributed by atoms with Crippen LogP contribution in [-0.2, 0) is 10.0 Å². The summed E-state index contributed by atoms with van der Waals surface area (Å²) in [7, 11) is -3.95. The third-order valence-corrected chi connectivity index (χ3v) is 3.42. The minimum Gasteiger partial charge on any atom is -0.456 e. The fraction of sp³-hybridized carbons (Fsp3) is 0. The molecule has 6 nitrogen and oxygen atoms in total. The van der Waals surface area contributed by atoms with E-state index in [1.54, 1.807) is 24.3 Å². The van der Waals surface area contributed by atoms with Crippen molar-refractivity contribution < 1.29 is 13.2 Å². The Balaban J connectivity index is 2.41. The molecule has 0 aliphatic carbocycles. The number of nitrogens with zero attached hydrogens (tertiary/aromatic N) is 1. The summed E-state index contributed by atoms with van der Waals surface area (Å²) >= 11 is 0. The summed E-state index contributed by atoms with van der Waals surface area (Å²) in [6, 6.07) is 12.4. The van der Waals surface area contributed by atoms with E-state index in [0.717, 1.165) is 0 Å². The summed E-state index contributed by atoms with van der Waals surface area (Å²) < 4.78 is 28.5. The zero-order chi connectivity index (χ0) is 14.8. The second-order valence-electron chi connectivity index (χ2n) is 3.99. The number of sulfonamides is 1. The quantitative estimate of drug-likeness (QED) is 0.831. The second-order valence-corrected chi connectivity index (χ2v) is 5.52. The fourth-order valence-corrected chi connectivity index (χ4v) is 2.25. The molecule has 0 unspecified atom stereocenters. The molecule has 2 aromatic rings. The van der Waals surface area contributed by atoms with Gasteiger partial charge in [-0.1, -0.05) is 0 Å². The SMILES string of the molecule is N#Cc1ccc(Oc2ccc(N)cc2S(N)(=O)=O)cc1. The van der Waals surface area contributed by atoms with Gasteiger partial charge in [-0.2, -0.15) is 5.26 Å². The molecule has 20 heavy (non-hydrogen) atoms. The number of ether oxygens (including phenoxy) is 1. The average Bonchev–Trinajstić information content (AvgIpc) is 2.40. The molecule has 0 aliphatic heterocycles. The Morgan fingerprint density at radius 3 is 2.30 bits per heavy atom. The summed E-state index contributed by atoms with van der Waals surface area (Å²) in [4.78, 5) is -0.193. The minimum atomic E-state index is -3.95. The van der Waals surface area contributed by atoms with Gasteiger partial charge in [0.25, 0.3) is 0 Å². The van der Waals surface area contributed by atoms with Crippen LogP contribution in [-0.4, -0.2) is 8.42 Å². The number of nitrogen functional groups attached to an aromatic ring is 1. The number of hydrogen-bond donors (Lipinski definition) is 2. The lowest BCUT2D eigenvalue weighted by Gasteiger charge is -2.10. The van der Waals surface area contributed by atoms with Crippen LogP contribution in [0.3, 0.4) is 0 Å². The van der Waals surface area contributed by atoms with Crippen LogP contribution in [0.2, 0.25) is 0 Å². The Bertz CT molecular complexity index is 777. The van der Waals surface area contributed by atoms with Crippen molar-refractivity contribution in [3.63, 3.8) is 0 Å². The average molecular weight is 289 g/mol. The van der Waals surface area contributed by atoms with Crippen LogP contribution in [0.25, 0.3) is 0 Å². The van der Waals surface area contributed by atoms with Crippen LogP contribution in [0, 0.1) is 11.3 Å². The highest BCUT2D eigenvalue weighted by atomic mass is 32.2. The number of primary sulfonamides is 1. The molecular formula is C13H11N3O3S. The molecule has 0 aromatic heterocycles. The van der Waals surface area contributed by atoms with Crippen LogP contribution in [0.4, 0.5) is 5.69 Å². The summed E-state index contributed by atoms with van der Waals surface area (Å²) in [6.07, 6.45) is 0. The normalized spacial score (nSPS) is 10.8. The summed E-state index contributed by atoms with van der Waals surface area (Å²) in [5.74, 6) is 0.463. The van der Waals surface area contributed by atoms with Gasteiger partial charge in [-0.3, -0.25) is 0 Å². The van der Waals surface area contributed by atoms with Gasteiger partial charge in [0.1, 0.15) is 16.4 Å². The lowest BCUT2D eigenvalue weighted by Crippen LogP contribution is -2.13. The number of nitriles is 1. The van der Waals surface area contributed by atoms with E-state index >= 15 is 0 Å². The predicted octanol–water partition coefficient (Wildman–Crippen LogP) is 1.58. The molecule has 7 heteroatoms. The molecule has 4 N–H and O–H groups in total. The van der Waals surface area contributed by atoms with Gasteiger partial charge >= 0.3 is 0 Å². The monoisotopic (exact) mass is 289 g/mol. The van der Waals surface area contributed by atoms with Gasteiger partial charge in [-0.05, 0) is 42.5 Å². The summed E-state index contributed by atoms with van der Waals surface area (Å²) in [5.41, 5.74) is 6.28. The smallest absolute Gasteiger partial charge is 0.241 e. The van der Waals surface area contributed by atoms with Crippen molar-refractivity contribution in [3.05, 3.63) is 48.0 Å². The molecule has 0 radical (unpaired) electrons. The van der Waals surface area contributed by atoms with Crippen LogP contribution < -0.4 is 15.6 Å². The lowest BCUT2D eigenvalue weighted by atomic mass is 10.2. The fourth-order valence-electron chi connectivity index (χ4n) is 1.56. The molecule has 102 valence electrons. The van der Waals surface area contributed by atoms with Crippen LogP contribution in [0.5, 0.6) is 11.5 Å². The number of hydrogen-bond acceptors (Lipinski definition) is 5. The molecule has 2 aromatic carbocycles. The Kier molecular flexibility index (Phi) is 3.61. The first-order valence-electron chi connectivity index (χ1n) is 5.50. The molecule has 2 rings (SSSR count). The van der Waals surface area contributed by atoms with Crippen molar-refractivity contribution in [1.82, 2.24) is 0 Å². The van der Waals surface area contributed by atoms with Gasteiger partial charge in [0, 0.05) is 5.69 Å². The Hall–Kier alpha value is -2.56. The van der Waals surface area contributed by atoms with Gasteiger partial charge in [-0.15, -0.1) is 0 Å². The standard InChI is InChI=1S/C13H11N3O3S/c14-8-9-1-4-11(5-2-9)19-12-6-3-10(15)7-13(12)20(16,17)18/h1-7H,15H2,(H2,16,17,18). The highest BCUT2D eigenvalue weighted by Gasteiger charge is 2.16. The minimum absolute atomic E-state index is 0.0754. The van der Waals surface area contributed by atoms with Crippen molar-refractivity contribution in [2.75, 3.05) is 5.73 Å². The Labute approximate surface area is 116 Å². The maximum atomic E-state index is 11.5. The number of nitrogens with two attached hydrogens (primary N) is 2. The highest BCUT2D eigenvalue weighted by molar-refractivity contribution is 7.89. The molecule has 0 heterocycles. The largest absolute Gasteiger partial charge is 0.456 e. The number of anilines is 1. The van der Waals surface area contributed by atoms with E-state index in [9.17, 15) is 8.42 Å². The molecule has 0 saturated heterocycles. The van der Waals surface area contributed by atoms with E-state index < -0.39 is 10.0 Å². The van der Waals surface area contributed by atoms with Crippen molar-refractivity contribution in [2.45, 2.75) is 4.90 Å². The molecular weight excluding hydrogens is 278 g/mol. The third kappa shape index (κ3) is 3.06. The second kappa shape index (κ2) is 5.21. The van der Waals surface area contributed by atoms with Crippen LogP contribution >= 0.6 is 0 Å². The van der Waals surface area contributed by atoms with E-state index in [1.165, 1.54) is 18.2 Å². The molecule has 0 aliphatic rings. The zero-order valence-electron chi connectivity index (χ0n) is 10.3. The van der Waals surface area contributed by atoms with Crippen molar-refractivity contribution in [3.8, 4) is 17.6 Å². The van der Waals surface area contributed by atoms with Gasteiger partial charge < -0.3 is 10.5 Å². The molecule has 0 fully saturated rings. The third-order valence-electron chi connectivity index (χ3n) is 2.49. The molecule has 0 spiro atoms. The van der Waals surface area contributed by atoms with E-state index in [0.29, 0.717) is 11.3 Å². The van der Waals surface area contributed by atoms with Crippen molar-refractivity contribution in [2.24, 2.45) is 5.14 Å². The van der Waals surface area contributed by atoms with Crippen LogP contribution in [0.1, 0.15) is 5.56 Å². The summed E-state index contributed by atoms with van der Waals surface area (Å²) in [6.45, 7) is 0. The Morgan fingerprint density at radius 2 is 1.75 bits per heavy atom. The van der Waals surface area contributed by atoms with E-state index in [2.05, 4.69) is 0 Å². The van der Waals surface area contributed by atoms with Crippen molar-refractivity contribution in [1.29, 1.82) is 5.26 Å². The molecule has 0 atom stereocenters. The maximum Gasteiger partial charge on any atom is 0.241 e. The molecule has 0 bridgehead atoms. The lowest BCUT2D eigenvalue weighted by molar-refractivity contribution is 0.467. The van der Waals surface area contributed by atoms with Gasteiger partial charge in [0.15, 0.2) is 0 Å². The predicted molar refractivity (Wildman–Crippen MR) is 73.5 cm³/mol. The van der Waals surface area contributed by atoms with Gasteiger partial charge in [-0.25, -0.2) is 13.6 Å².